The van der Waals surface area contributed by atoms with E-state index in [1.165, 1.54) is 11.1 Å². The lowest BCUT2D eigenvalue weighted by atomic mass is 10.1. The van der Waals surface area contributed by atoms with Gasteiger partial charge in [0.15, 0.2) is 5.96 Å². The highest BCUT2D eigenvalue weighted by Gasteiger charge is 1.98. The molecular formula is C18H32IN3O. The van der Waals surface area contributed by atoms with Crippen LogP contribution in [0.25, 0.3) is 0 Å². The SMILES string of the molecule is CCNC(=NCc1ccc(C)cc1)NCCCOCC(C)C.I. The fourth-order valence-electron chi connectivity index (χ4n) is 1.91. The molecule has 0 fully saturated rings. The first-order chi connectivity index (χ1) is 10.6. The number of nitrogens with zero attached hydrogens (tertiary/aromatic N) is 1. The summed E-state index contributed by atoms with van der Waals surface area (Å²) < 4.78 is 5.58. The largest absolute Gasteiger partial charge is 0.381 e. The molecule has 1 aromatic carbocycles. The van der Waals surface area contributed by atoms with Crippen LogP contribution >= 0.6 is 24.0 Å². The number of aliphatic imine (C=N–C) groups is 1. The Morgan fingerprint density at radius 2 is 1.87 bits per heavy atom. The number of nitrogens with one attached hydrogen (secondary N) is 2. The summed E-state index contributed by atoms with van der Waals surface area (Å²) in [6.45, 7) is 12.6. The lowest BCUT2D eigenvalue weighted by molar-refractivity contribution is 0.108. The van der Waals surface area contributed by atoms with Crippen molar-refractivity contribution in [2.45, 2.75) is 40.7 Å². The Balaban J connectivity index is 0.00000484. The Morgan fingerprint density at radius 3 is 2.48 bits per heavy atom. The highest BCUT2D eigenvalue weighted by Crippen LogP contribution is 2.04. The van der Waals surface area contributed by atoms with E-state index in [0.29, 0.717) is 12.5 Å². The molecule has 1 rings (SSSR count). The van der Waals surface area contributed by atoms with Gasteiger partial charge in [0.05, 0.1) is 6.54 Å². The zero-order valence-electron chi connectivity index (χ0n) is 14.9. The van der Waals surface area contributed by atoms with Crippen LogP contribution in [-0.2, 0) is 11.3 Å². The quantitative estimate of drug-likeness (QED) is 0.270. The van der Waals surface area contributed by atoms with E-state index in [2.05, 4.69) is 67.6 Å². The number of ether oxygens (including phenoxy) is 1. The molecule has 0 aliphatic rings. The van der Waals surface area contributed by atoms with Gasteiger partial charge in [0.25, 0.3) is 0 Å². The van der Waals surface area contributed by atoms with Crippen molar-refractivity contribution < 1.29 is 4.74 Å². The number of rotatable bonds is 9. The van der Waals surface area contributed by atoms with E-state index in [-0.39, 0.29) is 24.0 Å². The third-order valence-electron chi connectivity index (χ3n) is 3.09. The van der Waals surface area contributed by atoms with Gasteiger partial charge in [-0.05, 0) is 31.7 Å². The standard InChI is InChI=1S/C18H31N3O.HI/c1-5-19-18(20-11-6-12-22-14-15(2)3)21-13-17-9-7-16(4)8-10-17;/h7-10,15H,5-6,11-14H2,1-4H3,(H2,19,20,21);1H. The normalized spacial score (nSPS) is 11.3. The van der Waals surface area contributed by atoms with Crippen LogP contribution in [0.2, 0.25) is 0 Å². The maximum Gasteiger partial charge on any atom is 0.191 e. The fourth-order valence-corrected chi connectivity index (χ4v) is 1.91. The molecule has 2 N–H and O–H groups in total. The van der Waals surface area contributed by atoms with E-state index < -0.39 is 0 Å². The minimum Gasteiger partial charge on any atom is -0.381 e. The highest BCUT2D eigenvalue weighted by atomic mass is 127. The van der Waals surface area contributed by atoms with Crippen LogP contribution in [0.15, 0.2) is 29.3 Å². The first-order valence-corrected chi connectivity index (χ1v) is 8.27. The molecule has 23 heavy (non-hydrogen) atoms. The Kier molecular flexibility index (Phi) is 13.1. The van der Waals surface area contributed by atoms with Gasteiger partial charge in [-0.2, -0.15) is 0 Å². The zero-order valence-corrected chi connectivity index (χ0v) is 17.2. The number of guanidine groups is 1. The molecule has 0 atom stereocenters. The van der Waals surface area contributed by atoms with Crippen molar-refractivity contribution >= 4 is 29.9 Å². The smallest absolute Gasteiger partial charge is 0.191 e. The molecule has 0 saturated heterocycles. The molecule has 0 spiro atoms. The average Bonchev–Trinajstić information content (AvgIpc) is 2.49. The number of aryl methyl sites for hydroxylation is 1. The zero-order chi connectivity index (χ0) is 16.2. The summed E-state index contributed by atoms with van der Waals surface area (Å²) in [5.41, 5.74) is 2.50. The van der Waals surface area contributed by atoms with Crippen LogP contribution in [-0.4, -0.2) is 32.3 Å². The van der Waals surface area contributed by atoms with Gasteiger partial charge < -0.3 is 15.4 Å². The summed E-state index contributed by atoms with van der Waals surface area (Å²) in [5.74, 6) is 1.47. The number of halogens is 1. The third-order valence-corrected chi connectivity index (χ3v) is 3.09. The van der Waals surface area contributed by atoms with E-state index in [4.69, 9.17) is 4.74 Å². The summed E-state index contributed by atoms with van der Waals surface area (Å²) in [4.78, 5) is 4.61. The molecule has 0 saturated carbocycles. The molecule has 5 heteroatoms. The molecule has 0 bridgehead atoms. The molecule has 0 amide bonds. The Bertz CT molecular complexity index is 432. The van der Waals surface area contributed by atoms with Gasteiger partial charge >= 0.3 is 0 Å². The van der Waals surface area contributed by atoms with Gasteiger partial charge in [-0.25, -0.2) is 4.99 Å². The summed E-state index contributed by atoms with van der Waals surface area (Å²) in [7, 11) is 0. The van der Waals surface area contributed by atoms with Crippen molar-refractivity contribution in [2.24, 2.45) is 10.9 Å². The van der Waals surface area contributed by atoms with Crippen LogP contribution in [0.3, 0.4) is 0 Å². The lowest BCUT2D eigenvalue weighted by Gasteiger charge is -2.12. The van der Waals surface area contributed by atoms with Crippen LogP contribution in [0.4, 0.5) is 0 Å². The molecule has 132 valence electrons. The maximum absolute atomic E-state index is 5.58. The summed E-state index contributed by atoms with van der Waals surface area (Å²) in [6, 6.07) is 8.50. The second-order valence-electron chi connectivity index (χ2n) is 5.93. The first kappa shape index (κ1) is 22.2. The van der Waals surface area contributed by atoms with Crippen molar-refractivity contribution in [1.82, 2.24) is 10.6 Å². The van der Waals surface area contributed by atoms with E-state index in [1.54, 1.807) is 0 Å². The van der Waals surface area contributed by atoms with Crippen LogP contribution in [0, 0.1) is 12.8 Å². The van der Waals surface area contributed by atoms with E-state index in [0.717, 1.165) is 38.7 Å². The predicted molar refractivity (Wildman–Crippen MR) is 110 cm³/mol. The molecule has 4 nitrogen and oxygen atoms in total. The van der Waals surface area contributed by atoms with Gasteiger partial charge in [0, 0.05) is 26.3 Å². The van der Waals surface area contributed by atoms with Gasteiger partial charge in [-0.15, -0.1) is 24.0 Å². The first-order valence-electron chi connectivity index (χ1n) is 8.27. The van der Waals surface area contributed by atoms with E-state index >= 15 is 0 Å². The average molecular weight is 433 g/mol. The molecule has 0 aliphatic carbocycles. The van der Waals surface area contributed by atoms with Crippen molar-refractivity contribution in [2.75, 3.05) is 26.3 Å². The third kappa shape index (κ3) is 11.4. The Morgan fingerprint density at radius 1 is 1.17 bits per heavy atom. The van der Waals surface area contributed by atoms with Gasteiger partial charge in [-0.1, -0.05) is 43.7 Å². The lowest BCUT2D eigenvalue weighted by Crippen LogP contribution is -2.38. The van der Waals surface area contributed by atoms with Crippen molar-refractivity contribution in [1.29, 1.82) is 0 Å². The highest BCUT2D eigenvalue weighted by molar-refractivity contribution is 14.0. The molecule has 0 radical (unpaired) electrons. The molecule has 0 aliphatic heterocycles. The van der Waals surface area contributed by atoms with Crippen LogP contribution < -0.4 is 10.6 Å². The fraction of sp³-hybridized carbons (Fsp3) is 0.611. The van der Waals surface area contributed by atoms with Gasteiger partial charge in [0.1, 0.15) is 0 Å². The van der Waals surface area contributed by atoms with Gasteiger partial charge in [-0.3, -0.25) is 0 Å². The topological polar surface area (TPSA) is 45.7 Å². The second-order valence-corrected chi connectivity index (χ2v) is 5.93. The van der Waals surface area contributed by atoms with Crippen molar-refractivity contribution in [3.63, 3.8) is 0 Å². The minimum absolute atomic E-state index is 0. The predicted octanol–water partition coefficient (Wildman–Crippen LogP) is 3.73. The van der Waals surface area contributed by atoms with E-state index in [9.17, 15) is 0 Å². The minimum atomic E-state index is 0. The van der Waals surface area contributed by atoms with Crippen molar-refractivity contribution in [3.05, 3.63) is 35.4 Å². The Hall–Kier alpha value is -0.820. The summed E-state index contributed by atoms with van der Waals surface area (Å²) >= 11 is 0. The number of hydrogen-bond donors (Lipinski definition) is 2. The molecule has 0 unspecified atom stereocenters. The summed E-state index contributed by atoms with van der Waals surface area (Å²) in [6.07, 6.45) is 0.988. The molecular weight excluding hydrogens is 401 g/mol. The molecule has 0 aromatic heterocycles. The number of hydrogen-bond acceptors (Lipinski definition) is 2. The number of benzene rings is 1. The molecule has 1 aromatic rings. The maximum atomic E-state index is 5.58. The monoisotopic (exact) mass is 433 g/mol. The van der Waals surface area contributed by atoms with E-state index in [1.807, 2.05) is 0 Å². The molecule has 0 heterocycles. The van der Waals surface area contributed by atoms with Gasteiger partial charge in [0.2, 0.25) is 0 Å². The second kappa shape index (κ2) is 13.6. The van der Waals surface area contributed by atoms with Crippen LogP contribution in [0.5, 0.6) is 0 Å². The Labute approximate surface area is 158 Å². The van der Waals surface area contributed by atoms with Crippen molar-refractivity contribution in [3.8, 4) is 0 Å². The summed E-state index contributed by atoms with van der Waals surface area (Å²) in [5, 5.41) is 6.62. The van der Waals surface area contributed by atoms with Crippen LogP contribution in [0.1, 0.15) is 38.3 Å².